The summed E-state index contributed by atoms with van der Waals surface area (Å²) in [5.41, 5.74) is -0.393. The minimum Gasteiger partial charge on any atom is -0.507 e. The van der Waals surface area contributed by atoms with Crippen molar-refractivity contribution >= 4 is 22.5 Å². The Balaban J connectivity index is 2.07. The molecule has 28 heavy (non-hydrogen) atoms. The molecule has 3 aromatic rings. The van der Waals surface area contributed by atoms with Crippen molar-refractivity contribution in [3.8, 4) is 11.5 Å². The molecule has 2 aromatic carbocycles. The maximum atomic E-state index is 14.0. The molecule has 1 N–H and O–H groups in total. The van der Waals surface area contributed by atoms with Crippen LogP contribution in [0.3, 0.4) is 0 Å². The molecule has 0 radical (unpaired) electrons. The number of aromatic nitrogens is 1. The molecule has 8 heteroatoms. The number of fused-ring (bicyclic) bond motifs is 1. The summed E-state index contributed by atoms with van der Waals surface area (Å²) in [5, 5.41) is 11.0. The Hall–Kier alpha value is -3.42. The third-order valence-corrected chi connectivity index (χ3v) is 4.64. The van der Waals surface area contributed by atoms with Gasteiger partial charge in [0.25, 0.3) is 5.56 Å². The summed E-state index contributed by atoms with van der Waals surface area (Å²) in [6.07, 6.45) is -0.472. The molecule has 0 atom stereocenters. The number of ether oxygens (including phenoxy) is 1. The van der Waals surface area contributed by atoms with E-state index in [2.05, 4.69) is 0 Å². The normalized spacial score (nSPS) is 10.9. The lowest BCUT2D eigenvalue weighted by Gasteiger charge is -2.19. The number of carbonyl (C=O) groups excluding carboxylic acids is 1. The summed E-state index contributed by atoms with van der Waals surface area (Å²) in [6.45, 7) is 0. The minimum absolute atomic E-state index is 0.138. The molecule has 0 saturated heterocycles. The van der Waals surface area contributed by atoms with E-state index in [9.17, 15) is 23.5 Å². The molecule has 0 saturated carbocycles. The SMILES string of the molecule is COc1cccc2c1c(O)c(CC(=O)N(C)c1ccc(F)cc1F)c(=O)n2C. The van der Waals surface area contributed by atoms with Crippen molar-refractivity contribution in [2.45, 2.75) is 6.42 Å². The van der Waals surface area contributed by atoms with E-state index in [-0.39, 0.29) is 17.0 Å². The molecule has 0 unspecified atom stereocenters. The average Bonchev–Trinajstić information content (AvgIpc) is 2.68. The second kappa shape index (κ2) is 7.30. The lowest BCUT2D eigenvalue weighted by molar-refractivity contribution is -0.117. The van der Waals surface area contributed by atoms with Crippen molar-refractivity contribution in [2.75, 3.05) is 19.1 Å². The second-order valence-corrected chi connectivity index (χ2v) is 6.27. The number of aryl methyl sites for hydroxylation is 1. The number of rotatable bonds is 4. The van der Waals surface area contributed by atoms with Gasteiger partial charge in [0.15, 0.2) is 0 Å². The van der Waals surface area contributed by atoms with Gasteiger partial charge in [-0.3, -0.25) is 9.59 Å². The molecule has 0 aliphatic carbocycles. The molecule has 6 nitrogen and oxygen atoms in total. The number of carbonyl (C=O) groups is 1. The molecule has 1 aromatic heterocycles. The number of methoxy groups -OCH3 is 1. The number of amides is 1. The number of pyridine rings is 1. The molecular weight excluding hydrogens is 370 g/mol. The molecule has 0 bridgehead atoms. The van der Waals surface area contributed by atoms with Gasteiger partial charge in [-0.05, 0) is 24.3 Å². The van der Waals surface area contributed by atoms with E-state index < -0.39 is 29.5 Å². The first-order valence-electron chi connectivity index (χ1n) is 8.35. The van der Waals surface area contributed by atoms with Crippen LogP contribution in [0.25, 0.3) is 10.9 Å². The van der Waals surface area contributed by atoms with Crippen LogP contribution in [-0.2, 0) is 18.3 Å². The molecule has 146 valence electrons. The summed E-state index contributed by atoms with van der Waals surface area (Å²) in [6, 6.07) is 7.76. The standard InChI is InChI=1S/C20H18F2N2O4/c1-23(14-8-7-11(21)9-13(14)22)17(25)10-12-19(26)18-15(24(2)20(12)27)5-4-6-16(18)28-3/h4-9,26H,10H2,1-3H3. The van der Waals surface area contributed by atoms with Crippen LogP contribution < -0.4 is 15.2 Å². The van der Waals surface area contributed by atoms with Gasteiger partial charge >= 0.3 is 0 Å². The Morgan fingerprint density at radius 1 is 1.25 bits per heavy atom. The van der Waals surface area contributed by atoms with Crippen LogP contribution in [0.15, 0.2) is 41.2 Å². The summed E-state index contributed by atoms with van der Waals surface area (Å²) < 4.78 is 33.6. The van der Waals surface area contributed by atoms with Crippen LogP contribution in [0.4, 0.5) is 14.5 Å². The first kappa shape index (κ1) is 19.3. The van der Waals surface area contributed by atoms with E-state index >= 15 is 0 Å². The summed E-state index contributed by atoms with van der Waals surface area (Å²) in [5.74, 6) is -2.34. The highest BCUT2D eigenvalue weighted by molar-refractivity contribution is 5.97. The van der Waals surface area contributed by atoms with Gasteiger partial charge in [-0.2, -0.15) is 0 Å². The fourth-order valence-corrected chi connectivity index (χ4v) is 3.09. The Morgan fingerprint density at radius 3 is 2.61 bits per heavy atom. The Kier molecular flexibility index (Phi) is 5.04. The van der Waals surface area contributed by atoms with Crippen LogP contribution >= 0.6 is 0 Å². The first-order valence-corrected chi connectivity index (χ1v) is 8.35. The minimum atomic E-state index is -0.909. The smallest absolute Gasteiger partial charge is 0.258 e. The number of anilines is 1. The number of nitrogens with zero attached hydrogens (tertiary/aromatic N) is 2. The van der Waals surface area contributed by atoms with E-state index in [0.717, 1.165) is 17.0 Å². The predicted molar refractivity (Wildman–Crippen MR) is 101 cm³/mol. The van der Waals surface area contributed by atoms with Gasteiger partial charge in [0, 0.05) is 20.2 Å². The van der Waals surface area contributed by atoms with Crippen molar-refractivity contribution in [1.82, 2.24) is 4.57 Å². The van der Waals surface area contributed by atoms with Crippen LogP contribution in [0.1, 0.15) is 5.56 Å². The van der Waals surface area contributed by atoms with Gasteiger partial charge in [-0.15, -0.1) is 0 Å². The van der Waals surface area contributed by atoms with Crippen LogP contribution in [0, 0.1) is 11.6 Å². The third-order valence-electron chi connectivity index (χ3n) is 4.64. The van der Waals surface area contributed by atoms with E-state index in [1.807, 2.05) is 0 Å². The van der Waals surface area contributed by atoms with Gasteiger partial charge in [0.2, 0.25) is 5.91 Å². The number of benzene rings is 2. The monoisotopic (exact) mass is 388 g/mol. The quantitative estimate of drug-likeness (QED) is 0.746. The molecule has 1 amide bonds. The van der Waals surface area contributed by atoms with Gasteiger partial charge in [-0.25, -0.2) is 8.78 Å². The molecule has 0 aliphatic rings. The van der Waals surface area contributed by atoms with Crippen LogP contribution in [0.5, 0.6) is 11.5 Å². The Labute approximate surface area is 159 Å². The van der Waals surface area contributed by atoms with Crippen molar-refractivity contribution in [1.29, 1.82) is 0 Å². The number of aromatic hydroxyl groups is 1. The highest BCUT2D eigenvalue weighted by Gasteiger charge is 2.23. The second-order valence-electron chi connectivity index (χ2n) is 6.27. The predicted octanol–water partition coefficient (Wildman–Crippen LogP) is 2.74. The molecule has 0 fully saturated rings. The average molecular weight is 388 g/mol. The fraction of sp³-hybridized carbons (Fsp3) is 0.200. The number of hydrogen-bond acceptors (Lipinski definition) is 4. The van der Waals surface area contributed by atoms with Crippen molar-refractivity contribution in [2.24, 2.45) is 7.05 Å². The third kappa shape index (κ3) is 3.17. The van der Waals surface area contributed by atoms with E-state index in [0.29, 0.717) is 22.7 Å². The zero-order valence-corrected chi connectivity index (χ0v) is 15.5. The first-order chi connectivity index (χ1) is 13.3. The van der Waals surface area contributed by atoms with Gasteiger partial charge in [0.05, 0.1) is 35.7 Å². The summed E-state index contributed by atoms with van der Waals surface area (Å²) in [7, 11) is 4.25. The zero-order valence-electron chi connectivity index (χ0n) is 15.5. The maximum Gasteiger partial charge on any atom is 0.258 e. The Bertz CT molecular complexity index is 1140. The Morgan fingerprint density at radius 2 is 1.96 bits per heavy atom. The van der Waals surface area contributed by atoms with Crippen LogP contribution in [0.2, 0.25) is 0 Å². The van der Waals surface area contributed by atoms with E-state index in [1.165, 1.54) is 25.8 Å². The molecule has 0 aliphatic heterocycles. The highest BCUT2D eigenvalue weighted by atomic mass is 19.1. The lowest BCUT2D eigenvalue weighted by Crippen LogP contribution is -2.32. The van der Waals surface area contributed by atoms with Crippen molar-refractivity contribution < 1.29 is 23.4 Å². The lowest BCUT2D eigenvalue weighted by atomic mass is 10.1. The van der Waals surface area contributed by atoms with E-state index in [4.69, 9.17) is 4.74 Å². The van der Waals surface area contributed by atoms with Crippen molar-refractivity contribution in [3.05, 3.63) is 63.9 Å². The van der Waals surface area contributed by atoms with Gasteiger partial charge in [-0.1, -0.05) is 6.07 Å². The molecule has 1 heterocycles. The number of likely N-dealkylation sites (N-methyl/N-ethyl adjacent to an activating group) is 1. The van der Waals surface area contributed by atoms with Crippen molar-refractivity contribution in [3.63, 3.8) is 0 Å². The topological polar surface area (TPSA) is 71.8 Å². The highest BCUT2D eigenvalue weighted by Crippen LogP contribution is 2.34. The fourth-order valence-electron chi connectivity index (χ4n) is 3.09. The van der Waals surface area contributed by atoms with E-state index in [1.54, 1.807) is 18.2 Å². The largest absolute Gasteiger partial charge is 0.507 e. The number of hydrogen-bond donors (Lipinski definition) is 1. The molecule has 0 spiro atoms. The molecular formula is C20H18F2N2O4. The zero-order chi connectivity index (χ0) is 20.6. The number of halogens is 2. The van der Waals surface area contributed by atoms with Gasteiger partial charge < -0.3 is 19.3 Å². The summed E-state index contributed by atoms with van der Waals surface area (Å²) in [4.78, 5) is 26.3. The van der Waals surface area contributed by atoms with Crippen LogP contribution in [-0.4, -0.2) is 29.7 Å². The van der Waals surface area contributed by atoms with Gasteiger partial charge in [0.1, 0.15) is 23.1 Å². The molecule has 3 rings (SSSR count). The maximum absolute atomic E-state index is 14.0. The summed E-state index contributed by atoms with van der Waals surface area (Å²) >= 11 is 0.